The van der Waals surface area contributed by atoms with E-state index in [2.05, 4.69) is 25.8 Å². The molecular weight excluding hydrogens is 613 g/mol. The Morgan fingerprint density at radius 2 is 2.05 bits per heavy atom. The minimum absolute atomic E-state index is 0.0173. The number of rotatable bonds is 10. The van der Waals surface area contributed by atoms with Crippen molar-refractivity contribution < 1.29 is 34.2 Å². The van der Waals surface area contributed by atoms with Crippen LogP contribution in [0.15, 0.2) is 38.2 Å². The number of likely N-dealkylation sites (N-methyl/N-ethyl adjacent to an activating group) is 1. The van der Waals surface area contributed by atoms with Gasteiger partial charge in [-0.3, -0.25) is 24.8 Å². The molecule has 20 heteroatoms. The number of anilines is 1. The fourth-order valence-corrected chi connectivity index (χ4v) is 7.09. The third kappa shape index (κ3) is 6.02. The van der Waals surface area contributed by atoms with Gasteiger partial charge in [0.05, 0.1) is 0 Å². The quantitative estimate of drug-likeness (QED) is 0.0676. The molecule has 0 aromatic carbocycles. The summed E-state index contributed by atoms with van der Waals surface area (Å²) in [4.78, 5) is 64.0. The standard InChI is InChI=1S/C22H28N10O7S3/c1-7-14(23)29-22(32(25)15(7)26-3)42-5-9-4-40-18-12(17(34)31(18)13(9)20(37)38)28-16(33)11(10-6-41-21(24)27-10)30-39-8(2)19(35)36/h6,8,12,15,18,26H,4-5,23,25H2,1-3H3,(H2,24,27)(H,28,33)(H,35,36)(H,37,38)/b30-11-/t8-,12?,15?,18-/m0/s1. The number of carboxylic acid groups (broad SMARTS) is 2. The predicted octanol–water partition coefficient (Wildman–Crippen LogP) is -1.33. The molecule has 0 saturated carbocycles. The molecule has 226 valence electrons. The molecule has 2 amide bonds. The first-order chi connectivity index (χ1) is 19.8. The highest BCUT2D eigenvalue weighted by Crippen LogP contribution is 2.41. The third-order valence-corrected chi connectivity index (χ3v) is 9.41. The Morgan fingerprint density at radius 3 is 2.64 bits per heavy atom. The fraction of sp³-hybridized carbons (Fsp3) is 0.409. The molecule has 1 fully saturated rings. The van der Waals surface area contributed by atoms with Crippen LogP contribution < -0.4 is 27.9 Å². The van der Waals surface area contributed by atoms with Crippen molar-refractivity contribution in [1.29, 1.82) is 0 Å². The number of nitrogens with one attached hydrogen (secondary N) is 2. The Kier molecular flexibility index (Phi) is 9.30. The van der Waals surface area contributed by atoms with Crippen molar-refractivity contribution in [2.75, 3.05) is 24.3 Å². The second-order valence-electron chi connectivity index (χ2n) is 9.06. The molecular formula is C22H28N10O7S3. The number of nitrogens with zero attached hydrogens (tertiary/aromatic N) is 5. The van der Waals surface area contributed by atoms with Crippen LogP contribution in [0.25, 0.3) is 0 Å². The Morgan fingerprint density at radius 1 is 1.33 bits per heavy atom. The molecule has 17 nitrogen and oxygen atoms in total. The Labute approximate surface area is 251 Å². The molecule has 0 bridgehead atoms. The summed E-state index contributed by atoms with van der Waals surface area (Å²) in [6.45, 7) is 3.01. The number of carboxylic acids is 2. The van der Waals surface area contributed by atoms with Gasteiger partial charge in [0.1, 0.15) is 34.8 Å². The minimum atomic E-state index is -1.37. The van der Waals surface area contributed by atoms with Crippen LogP contribution in [0.3, 0.4) is 0 Å². The molecule has 1 aromatic rings. The molecule has 2 unspecified atom stereocenters. The topological polar surface area (TPSA) is 264 Å². The van der Waals surface area contributed by atoms with Gasteiger partial charge in [-0.2, -0.15) is 0 Å². The van der Waals surface area contributed by atoms with Gasteiger partial charge in [-0.1, -0.05) is 16.9 Å². The fourth-order valence-electron chi connectivity index (χ4n) is 4.10. The number of hydrogen-bond donors (Lipinski definition) is 7. The van der Waals surface area contributed by atoms with E-state index in [0.717, 1.165) is 21.8 Å². The molecule has 3 aliphatic heterocycles. The number of β-lactam (4-membered cyclic amide) rings is 1. The van der Waals surface area contributed by atoms with E-state index < -0.39 is 53.2 Å². The van der Waals surface area contributed by atoms with Gasteiger partial charge in [-0.15, -0.1) is 23.1 Å². The molecule has 4 atom stereocenters. The number of carbonyl (C=O) groups is 4. The van der Waals surface area contributed by atoms with Crippen molar-refractivity contribution >= 4 is 74.6 Å². The number of thioether (sulfide) groups is 2. The maximum Gasteiger partial charge on any atom is 0.352 e. The van der Waals surface area contributed by atoms with Gasteiger partial charge in [0, 0.05) is 22.5 Å². The average Bonchev–Trinajstić information content (AvgIpc) is 3.38. The number of nitrogens with two attached hydrogens (primary N) is 3. The highest BCUT2D eigenvalue weighted by Gasteiger charge is 2.54. The lowest BCUT2D eigenvalue weighted by Gasteiger charge is -2.49. The molecule has 0 aliphatic carbocycles. The van der Waals surface area contributed by atoms with Crippen LogP contribution in [0.4, 0.5) is 5.13 Å². The van der Waals surface area contributed by atoms with E-state index in [-0.39, 0.29) is 28.0 Å². The van der Waals surface area contributed by atoms with Crippen LogP contribution >= 0.6 is 34.9 Å². The number of amides is 2. The van der Waals surface area contributed by atoms with Gasteiger partial charge in [0.15, 0.2) is 16.0 Å². The Hall–Kier alpha value is -3.85. The number of carbonyl (C=O) groups excluding carboxylic acids is 2. The second-order valence-corrected chi connectivity index (χ2v) is 12.0. The second kappa shape index (κ2) is 12.6. The van der Waals surface area contributed by atoms with Crippen LogP contribution in [-0.2, 0) is 24.0 Å². The molecule has 0 radical (unpaired) electrons. The first kappa shape index (κ1) is 31.1. The molecule has 4 rings (SSSR count). The zero-order chi connectivity index (χ0) is 30.9. The summed E-state index contributed by atoms with van der Waals surface area (Å²) in [6, 6.07) is -1.09. The summed E-state index contributed by atoms with van der Waals surface area (Å²) in [5, 5.41) is 30.9. The van der Waals surface area contributed by atoms with Gasteiger partial charge in [0.2, 0.25) is 6.10 Å². The van der Waals surface area contributed by atoms with E-state index in [1.807, 2.05) is 0 Å². The van der Waals surface area contributed by atoms with Crippen LogP contribution in [0.1, 0.15) is 19.5 Å². The predicted molar refractivity (Wildman–Crippen MR) is 157 cm³/mol. The molecule has 42 heavy (non-hydrogen) atoms. The van der Waals surface area contributed by atoms with Crippen LogP contribution in [0, 0.1) is 0 Å². The summed E-state index contributed by atoms with van der Waals surface area (Å²) in [5.41, 5.74) is 12.3. The Bertz CT molecular complexity index is 1440. The zero-order valence-electron chi connectivity index (χ0n) is 22.4. The number of aliphatic carboxylic acids is 2. The lowest BCUT2D eigenvalue weighted by Crippen LogP contribution is -2.71. The van der Waals surface area contributed by atoms with Crippen molar-refractivity contribution in [3.05, 3.63) is 33.7 Å². The minimum Gasteiger partial charge on any atom is -0.478 e. The number of nitrogen functional groups attached to an aromatic ring is 1. The van der Waals surface area contributed by atoms with E-state index in [9.17, 15) is 24.3 Å². The van der Waals surface area contributed by atoms with Crippen molar-refractivity contribution in [3.63, 3.8) is 0 Å². The largest absolute Gasteiger partial charge is 0.478 e. The van der Waals surface area contributed by atoms with E-state index in [1.165, 1.54) is 40.8 Å². The number of hydrogen-bond acceptors (Lipinski definition) is 16. The molecule has 1 saturated heterocycles. The summed E-state index contributed by atoms with van der Waals surface area (Å²) in [5.74, 6) is 2.76. The number of amidine groups is 1. The average molecular weight is 641 g/mol. The van der Waals surface area contributed by atoms with Crippen LogP contribution in [0.5, 0.6) is 0 Å². The number of hydrazine groups is 1. The van der Waals surface area contributed by atoms with Crippen molar-refractivity contribution in [3.8, 4) is 0 Å². The number of aromatic nitrogens is 1. The number of aliphatic imine (C=N–C) groups is 1. The van der Waals surface area contributed by atoms with Gasteiger partial charge in [0.25, 0.3) is 11.8 Å². The maximum absolute atomic E-state index is 13.2. The maximum atomic E-state index is 13.2. The normalized spacial score (nSPS) is 23.2. The lowest BCUT2D eigenvalue weighted by atomic mass is 10.0. The van der Waals surface area contributed by atoms with Crippen LogP contribution in [0.2, 0.25) is 0 Å². The number of oxime groups is 1. The molecule has 1 aromatic heterocycles. The highest BCUT2D eigenvalue weighted by atomic mass is 32.2. The zero-order valence-corrected chi connectivity index (χ0v) is 24.9. The van der Waals surface area contributed by atoms with E-state index in [0.29, 0.717) is 16.6 Å². The van der Waals surface area contributed by atoms with Crippen LogP contribution in [-0.4, -0.2) is 102 Å². The monoisotopic (exact) mass is 640 g/mol. The number of fused-ring (bicyclic) bond motifs is 1. The first-order valence-corrected chi connectivity index (χ1v) is 15.0. The SMILES string of the molecule is CNC1C(C)=C(N)N=C(SCC2=C(C(=O)O)N3C(=O)C(NC(=O)/C(=N\O[C@@H](C)C(=O)O)c4csc(N)n4)[C@@H]3SC2)N1N. The van der Waals surface area contributed by atoms with Crippen molar-refractivity contribution in [1.82, 2.24) is 25.5 Å². The van der Waals surface area contributed by atoms with E-state index >= 15 is 0 Å². The molecule has 10 N–H and O–H groups in total. The van der Waals surface area contributed by atoms with E-state index in [4.69, 9.17) is 27.3 Å². The first-order valence-electron chi connectivity index (χ1n) is 12.1. The number of thiazole rings is 1. The van der Waals surface area contributed by atoms with Gasteiger partial charge >= 0.3 is 11.9 Å². The van der Waals surface area contributed by atoms with Gasteiger partial charge in [-0.05, 0) is 26.5 Å². The third-order valence-electron chi connectivity index (χ3n) is 6.34. The lowest BCUT2D eigenvalue weighted by molar-refractivity contribution is -0.150. The summed E-state index contributed by atoms with van der Waals surface area (Å²) >= 11 is 3.46. The van der Waals surface area contributed by atoms with Gasteiger partial charge < -0.3 is 31.8 Å². The molecule has 0 spiro atoms. The Balaban J connectivity index is 1.50. The molecule has 4 heterocycles. The smallest absolute Gasteiger partial charge is 0.352 e. The highest BCUT2D eigenvalue weighted by molar-refractivity contribution is 8.14. The van der Waals surface area contributed by atoms with Crippen molar-refractivity contribution in [2.24, 2.45) is 21.7 Å². The van der Waals surface area contributed by atoms with Crippen molar-refractivity contribution in [2.45, 2.75) is 37.5 Å². The van der Waals surface area contributed by atoms with Gasteiger partial charge in [-0.25, -0.2) is 25.4 Å². The summed E-state index contributed by atoms with van der Waals surface area (Å²) < 4.78 is 0. The molecule has 3 aliphatic rings. The summed E-state index contributed by atoms with van der Waals surface area (Å²) in [7, 11) is 1.72. The van der Waals surface area contributed by atoms with E-state index in [1.54, 1.807) is 14.0 Å². The summed E-state index contributed by atoms with van der Waals surface area (Å²) in [6.07, 6.45) is -1.76.